The first-order valence-corrected chi connectivity index (χ1v) is 6.20. The molecule has 1 rings (SSSR count). The predicted octanol–water partition coefficient (Wildman–Crippen LogP) is 2.49. The third-order valence-electron chi connectivity index (χ3n) is 2.09. The van der Waals surface area contributed by atoms with Crippen LogP contribution >= 0.6 is 11.8 Å². The number of aryl methyl sites for hydroxylation is 1. The van der Waals surface area contributed by atoms with E-state index in [4.69, 9.17) is 9.84 Å². The largest absolute Gasteiger partial charge is 0.492 e. The fraction of sp³-hybridized carbons (Fsp3) is 0.500. The molecule has 0 spiro atoms. The van der Waals surface area contributed by atoms with Crippen LogP contribution in [0.2, 0.25) is 0 Å². The molecule has 1 unspecified atom stereocenters. The Morgan fingerprint density at radius 3 is 2.80 bits per heavy atom. The Morgan fingerprint density at radius 1 is 1.40 bits per heavy atom. The van der Waals surface area contributed by atoms with Crippen molar-refractivity contribution in [3.05, 3.63) is 29.8 Å². The quantitative estimate of drug-likeness (QED) is 0.756. The molecule has 0 aliphatic rings. The normalized spacial score (nSPS) is 12.5. The average Bonchev–Trinajstić information content (AvgIpc) is 2.26. The van der Waals surface area contributed by atoms with Crippen molar-refractivity contribution in [3.8, 4) is 5.75 Å². The Morgan fingerprint density at radius 2 is 2.13 bits per heavy atom. The molecule has 0 saturated heterocycles. The van der Waals surface area contributed by atoms with Crippen LogP contribution in [0.25, 0.3) is 0 Å². The van der Waals surface area contributed by atoms with Crippen molar-refractivity contribution in [2.75, 3.05) is 19.0 Å². The summed E-state index contributed by atoms with van der Waals surface area (Å²) in [4.78, 5) is 0. The van der Waals surface area contributed by atoms with Crippen LogP contribution < -0.4 is 4.74 Å². The second-order valence-electron chi connectivity index (χ2n) is 3.48. The summed E-state index contributed by atoms with van der Waals surface area (Å²) in [6, 6.07) is 8.00. The number of thioether (sulfide) groups is 1. The van der Waals surface area contributed by atoms with Gasteiger partial charge in [-0.05, 0) is 18.6 Å². The van der Waals surface area contributed by atoms with Crippen molar-refractivity contribution < 1.29 is 9.84 Å². The summed E-state index contributed by atoms with van der Waals surface area (Å²) in [6.07, 6.45) is 0. The standard InChI is InChI=1S/C12H18O2S/c1-10-5-3-4-6-12(10)14-7-8-15-11(2)9-13/h3-6,11,13H,7-9H2,1-2H3. The van der Waals surface area contributed by atoms with Crippen LogP contribution in [0, 0.1) is 6.92 Å². The molecule has 0 heterocycles. The van der Waals surface area contributed by atoms with E-state index in [1.165, 1.54) is 0 Å². The SMILES string of the molecule is Cc1ccccc1OCCSC(C)CO. The van der Waals surface area contributed by atoms with E-state index >= 15 is 0 Å². The highest BCUT2D eigenvalue weighted by Gasteiger charge is 2.01. The fourth-order valence-corrected chi connectivity index (χ4v) is 1.86. The van der Waals surface area contributed by atoms with E-state index in [2.05, 4.69) is 0 Å². The van der Waals surface area contributed by atoms with Crippen LogP contribution in [0.1, 0.15) is 12.5 Å². The first kappa shape index (κ1) is 12.4. The van der Waals surface area contributed by atoms with Crippen molar-refractivity contribution in [3.63, 3.8) is 0 Å². The zero-order valence-corrected chi connectivity index (χ0v) is 10.1. The molecular formula is C12H18O2S. The lowest BCUT2D eigenvalue weighted by Gasteiger charge is -2.10. The Balaban J connectivity index is 2.23. The number of para-hydroxylation sites is 1. The van der Waals surface area contributed by atoms with Crippen LogP contribution in [0.4, 0.5) is 0 Å². The first-order chi connectivity index (χ1) is 7.24. The topological polar surface area (TPSA) is 29.5 Å². The Hall–Kier alpha value is -0.670. The van der Waals surface area contributed by atoms with Gasteiger partial charge in [-0.25, -0.2) is 0 Å². The van der Waals surface area contributed by atoms with Crippen LogP contribution in [0.5, 0.6) is 5.75 Å². The van der Waals surface area contributed by atoms with E-state index in [0.29, 0.717) is 11.9 Å². The van der Waals surface area contributed by atoms with E-state index in [1.807, 2.05) is 38.1 Å². The smallest absolute Gasteiger partial charge is 0.122 e. The predicted molar refractivity (Wildman–Crippen MR) is 65.7 cm³/mol. The molecule has 0 aliphatic carbocycles. The molecule has 1 N–H and O–H groups in total. The van der Waals surface area contributed by atoms with Crippen LogP contribution in [-0.2, 0) is 0 Å². The van der Waals surface area contributed by atoms with E-state index in [-0.39, 0.29) is 6.61 Å². The summed E-state index contributed by atoms with van der Waals surface area (Å²) in [5, 5.41) is 9.13. The zero-order valence-electron chi connectivity index (χ0n) is 9.27. The van der Waals surface area contributed by atoms with E-state index in [1.54, 1.807) is 11.8 Å². The van der Waals surface area contributed by atoms with Crippen LogP contribution in [-0.4, -0.2) is 29.3 Å². The minimum atomic E-state index is 0.231. The van der Waals surface area contributed by atoms with Crippen molar-refractivity contribution in [2.24, 2.45) is 0 Å². The summed E-state index contributed by atoms with van der Waals surface area (Å²) in [6.45, 7) is 4.98. The first-order valence-electron chi connectivity index (χ1n) is 5.15. The molecule has 0 fully saturated rings. The molecule has 0 aliphatic heterocycles. The fourth-order valence-electron chi connectivity index (χ4n) is 1.17. The highest BCUT2D eigenvalue weighted by Crippen LogP contribution is 2.17. The van der Waals surface area contributed by atoms with Crippen molar-refractivity contribution in [1.82, 2.24) is 0 Å². The molecule has 2 nitrogen and oxygen atoms in total. The summed E-state index contributed by atoms with van der Waals surface area (Å²) in [5.74, 6) is 1.87. The van der Waals surface area contributed by atoms with Gasteiger partial charge in [-0.15, -0.1) is 0 Å². The zero-order chi connectivity index (χ0) is 11.1. The molecule has 0 aromatic heterocycles. The lowest BCUT2D eigenvalue weighted by molar-refractivity contribution is 0.299. The van der Waals surface area contributed by atoms with Gasteiger partial charge >= 0.3 is 0 Å². The monoisotopic (exact) mass is 226 g/mol. The van der Waals surface area contributed by atoms with Gasteiger partial charge in [0.05, 0.1) is 13.2 Å². The minimum absolute atomic E-state index is 0.231. The maximum absolute atomic E-state index is 8.83. The maximum Gasteiger partial charge on any atom is 0.122 e. The van der Waals surface area contributed by atoms with Gasteiger partial charge in [0.1, 0.15) is 5.75 Å². The van der Waals surface area contributed by atoms with Gasteiger partial charge in [0, 0.05) is 11.0 Å². The van der Waals surface area contributed by atoms with E-state index in [9.17, 15) is 0 Å². The van der Waals surface area contributed by atoms with Gasteiger partial charge in [-0.1, -0.05) is 25.1 Å². The molecule has 0 radical (unpaired) electrons. The van der Waals surface area contributed by atoms with E-state index in [0.717, 1.165) is 17.1 Å². The molecule has 1 atom stereocenters. The lowest BCUT2D eigenvalue weighted by atomic mass is 10.2. The molecular weight excluding hydrogens is 208 g/mol. The van der Waals surface area contributed by atoms with Crippen molar-refractivity contribution in [1.29, 1.82) is 0 Å². The number of ether oxygens (including phenoxy) is 1. The molecule has 1 aromatic rings. The Kier molecular flexibility index (Phi) is 5.58. The Labute approximate surface area is 95.7 Å². The number of aliphatic hydroxyl groups excluding tert-OH is 1. The molecule has 1 aromatic carbocycles. The maximum atomic E-state index is 8.83. The third-order valence-corrected chi connectivity index (χ3v) is 3.21. The third kappa shape index (κ3) is 4.58. The van der Waals surface area contributed by atoms with Gasteiger partial charge in [0.25, 0.3) is 0 Å². The van der Waals surface area contributed by atoms with Gasteiger partial charge in [0.2, 0.25) is 0 Å². The molecule has 15 heavy (non-hydrogen) atoms. The highest BCUT2D eigenvalue weighted by molar-refractivity contribution is 7.99. The lowest BCUT2D eigenvalue weighted by Crippen LogP contribution is -2.08. The number of hydrogen-bond donors (Lipinski definition) is 1. The van der Waals surface area contributed by atoms with Crippen LogP contribution in [0.3, 0.4) is 0 Å². The number of hydrogen-bond acceptors (Lipinski definition) is 3. The molecule has 0 bridgehead atoms. The van der Waals surface area contributed by atoms with Crippen LogP contribution in [0.15, 0.2) is 24.3 Å². The summed E-state index contributed by atoms with van der Waals surface area (Å²) in [5.41, 5.74) is 1.16. The second kappa shape index (κ2) is 6.75. The summed E-state index contributed by atoms with van der Waals surface area (Å²) in [7, 11) is 0. The van der Waals surface area contributed by atoms with Crippen molar-refractivity contribution in [2.45, 2.75) is 19.1 Å². The average molecular weight is 226 g/mol. The molecule has 3 heteroatoms. The van der Waals surface area contributed by atoms with Gasteiger partial charge in [-0.2, -0.15) is 11.8 Å². The number of aliphatic hydroxyl groups is 1. The highest BCUT2D eigenvalue weighted by atomic mass is 32.2. The number of benzene rings is 1. The van der Waals surface area contributed by atoms with Gasteiger partial charge in [-0.3, -0.25) is 0 Å². The summed E-state index contributed by atoms with van der Waals surface area (Å²) < 4.78 is 5.63. The van der Waals surface area contributed by atoms with E-state index < -0.39 is 0 Å². The minimum Gasteiger partial charge on any atom is -0.492 e. The molecule has 0 amide bonds. The Bertz CT molecular complexity index is 289. The molecule has 84 valence electrons. The summed E-state index contributed by atoms with van der Waals surface area (Å²) >= 11 is 1.73. The number of rotatable bonds is 6. The van der Waals surface area contributed by atoms with Crippen molar-refractivity contribution >= 4 is 11.8 Å². The molecule has 0 saturated carbocycles. The second-order valence-corrected chi connectivity index (χ2v) is 5.02. The van der Waals surface area contributed by atoms with Gasteiger partial charge in [0.15, 0.2) is 0 Å². The van der Waals surface area contributed by atoms with Gasteiger partial charge < -0.3 is 9.84 Å².